The molecule has 0 saturated heterocycles. The van der Waals surface area contributed by atoms with Gasteiger partial charge in [-0.15, -0.1) is 0 Å². The normalized spacial score (nSPS) is 10.5. The zero-order valence-electron chi connectivity index (χ0n) is 9.71. The summed E-state index contributed by atoms with van der Waals surface area (Å²) >= 11 is 0. The first-order valence-corrected chi connectivity index (χ1v) is 6.03. The predicted molar refractivity (Wildman–Crippen MR) is 65.0 cm³/mol. The molecule has 1 heterocycles. The van der Waals surface area contributed by atoms with Crippen molar-refractivity contribution in [3.8, 4) is 0 Å². The Labute approximate surface area is 93.1 Å². The van der Waals surface area contributed by atoms with E-state index in [1.165, 1.54) is 31.2 Å². The summed E-state index contributed by atoms with van der Waals surface area (Å²) in [4.78, 5) is 4.10. The van der Waals surface area contributed by atoms with Gasteiger partial charge in [-0.1, -0.05) is 32.3 Å². The molecule has 0 atom stereocenters. The van der Waals surface area contributed by atoms with Gasteiger partial charge in [0.1, 0.15) is 0 Å². The largest absolute Gasteiger partial charge is 0.316 e. The molecule has 0 radical (unpaired) electrons. The lowest BCUT2D eigenvalue weighted by molar-refractivity contribution is 0.598. The topological polar surface area (TPSA) is 24.9 Å². The average molecular weight is 206 g/mol. The van der Waals surface area contributed by atoms with Crippen LogP contribution in [0.4, 0.5) is 0 Å². The van der Waals surface area contributed by atoms with Crippen LogP contribution in [-0.2, 0) is 6.42 Å². The van der Waals surface area contributed by atoms with E-state index in [9.17, 15) is 0 Å². The van der Waals surface area contributed by atoms with Crippen LogP contribution in [0.2, 0.25) is 0 Å². The summed E-state index contributed by atoms with van der Waals surface area (Å²) in [5.74, 6) is 0. The van der Waals surface area contributed by atoms with Crippen LogP contribution >= 0.6 is 0 Å². The first-order valence-electron chi connectivity index (χ1n) is 6.03. The van der Waals surface area contributed by atoms with Crippen molar-refractivity contribution in [2.24, 2.45) is 0 Å². The standard InChI is InChI=1S/C13H22N2/c1-2-3-4-5-9-14-11-8-13-7-6-10-15-12-13/h6-7,10,12,14H,2-5,8-9,11H2,1H3. The summed E-state index contributed by atoms with van der Waals surface area (Å²) < 4.78 is 0. The first kappa shape index (κ1) is 12.2. The van der Waals surface area contributed by atoms with Crippen LogP contribution in [0.5, 0.6) is 0 Å². The molecule has 0 aliphatic carbocycles. The number of aromatic nitrogens is 1. The van der Waals surface area contributed by atoms with Crippen molar-refractivity contribution in [1.29, 1.82) is 0 Å². The molecule has 0 saturated carbocycles. The second-order valence-corrected chi connectivity index (χ2v) is 3.92. The third-order valence-electron chi connectivity index (χ3n) is 2.52. The van der Waals surface area contributed by atoms with Crippen LogP contribution in [0, 0.1) is 0 Å². The summed E-state index contributed by atoms with van der Waals surface area (Å²) in [5.41, 5.74) is 1.32. The number of rotatable bonds is 8. The van der Waals surface area contributed by atoms with Crippen molar-refractivity contribution in [2.75, 3.05) is 13.1 Å². The fourth-order valence-corrected chi connectivity index (χ4v) is 1.58. The Bertz CT molecular complexity index is 234. The highest BCUT2D eigenvalue weighted by atomic mass is 14.8. The van der Waals surface area contributed by atoms with E-state index in [1.54, 1.807) is 0 Å². The molecule has 0 fully saturated rings. The maximum Gasteiger partial charge on any atom is 0.0300 e. The van der Waals surface area contributed by atoms with E-state index in [1.807, 2.05) is 18.5 Å². The maximum absolute atomic E-state index is 4.10. The van der Waals surface area contributed by atoms with E-state index >= 15 is 0 Å². The molecule has 0 aromatic carbocycles. The Morgan fingerprint density at radius 1 is 1.20 bits per heavy atom. The molecule has 84 valence electrons. The molecule has 0 aliphatic rings. The number of hydrogen-bond acceptors (Lipinski definition) is 2. The fraction of sp³-hybridized carbons (Fsp3) is 0.615. The van der Waals surface area contributed by atoms with Crippen LogP contribution in [0.25, 0.3) is 0 Å². The smallest absolute Gasteiger partial charge is 0.0300 e. The Morgan fingerprint density at radius 2 is 2.13 bits per heavy atom. The molecule has 0 bridgehead atoms. The maximum atomic E-state index is 4.10. The van der Waals surface area contributed by atoms with Gasteiger partial charge in [-0.3, -0.25) is 4.98 Å². The van der Waals surface area contributed by atoms with Crippen molar-refractivity contribution in [2.45, 2.75) is 39.0 Å². The monoisotopic (exact) mass is 206 g/mol. The molecule has 2 heteroatoms. The predicted octanol–water partition coefficient (Wildman–Crippen LogP) is 2.79. The Kier molecular flexibility index (Phi) is 6.84. The van der Waals surface area contributed by atoms with Gasteiger partial charge < -0.3 is 5.32 Å². The quantitative estimate of drug-likeness (QED) is 0.662. The molecule has 0 unspecified atom stereocenters. The van der Waals surface area contributed by atoms with E-state index in [-0.39, 0.29) is 0 Å². The summed E-state index contributed by atoms with van der Waals surface area (Å²) in [7, 11) is 0. The minimum atomic E-state index is 1.07. The minimum Gasteiger partial charge on any atom is -0.316 e. The van der Waals surface area contributed by atoms with Crippen LogP contribution in [-0.4, -0.2) is 18.1 Å². The number of nitrogens with one attached hydrogen (secondary N) is 1. The lowest BCUT2D eigenvalue weighted by Gasteiger charge is -2.04. The number of nitrogens with zero attached hydrogens (tertiary/aromatic N) is 1. The van der Waals surface area contributed by atoms with Gasteiger partial charge in [-0.05, 0) is 37.6 Å². The molecule has 0 aliphatic heterocycles. The highest BCUT2D eigenvalue weighted by molar-refractivity contribution is 5.08. The van der Waals surface area contributed by atoms with E-state index in [0.717, 1.165) is 19.5 Å². The van der Waals surface area contributed by atoms with E-state index in [2.05, 4.69) is 23.3 Å². The highest BCUT2D eigenvalue weighted by Gasteiger charge is 1.92. The van der Waals surface area contributed by atoms with Crippen LogP contribution in [0.1, 0.15) is 38.2 Å². The lowest BCUT2D eigenvalue weighted by Crippen LogP contribution is -2.18. The molecule has 1 aromatic heterocycles. The van der Waals surface area contributed by atoms with Gasteiger partial charge >= 0.3 is 0 Å². The van der Waals surface area contributed by atoms with Gasteiger partial charge in [-0.25, -0.2) is 0 Å². The molecule has 1 aromatic rings. The Morgan fingerprint density at radius 3 is 2.87 bits per heavy atom. The van der Waals surface area contributed by atoms with Gasteiger partial charge in [0.05, 0.1) is 0 Å². The highest BCUT2D eigenvalue weighted by Crippen LogP contribution is 1.98. The fourth-order valence-electron chi connectivity index (χ4n) is 1.58. The van der Waals surface area contributed by atoms with E-state index in [0.29, 0.717) is 0 Å². The molecular weight excluding hydrogens is 184 g/mol. The Balaban J connectivity index is 1.93. The van der Waals surface area contributed by atoms with E-state index in [4.69, 9.17) is 0 Å². The van der Waals surface area contributed by atoms with Crippen molar-refractivity contribution in [3.63, 3.8) is 0 Å². The molecule has 0 spiro atoms. The summed E-state index contributed by atoms with van der Waals surface area (Å²) in [6, 6.07) is 4.13. The van der Waals surface area contributed by atoms with Gasteiger partial charge in [0, 0.05) is 12.4 Å². The Hall–Kier alpha value is -0.890. The third-order valence-corrected chi connectivity index (χ3v) is 2.52. The van der Waals surface area contributed by atoms with Crippen molar-refractivity contribution in [3.05, 3.63) is 30.1 Å². The van der Waals surface area contributed by atoms with E-state index < -0.39 is 0 Å². The zero-order valence-corrected chi connectivity index (χ0v) is 9.71. The number of pyridine rings is 1. The molecule has 1 N–H and O–H groups in total. The average Bonchev–Trinajstić information content (AvgIpc) is 2.29. The molecule has 15 heavy (non-hydrogen) atoms. The minimum absolute atomic E-state index is 1.07. The molecule has 2 nitrogen and oxygen atoms in total. The zero-order chi connectivity index (χ0) is 10.8. The lowest BCUT2D eigenvalue weighted by atomic mass is 10.2. The molecular formula is C13H22N2. The third kappa shape index (κ3) is 6.24. The number of hydrogen-bond donors (Lipinski definition) is 1. The molecule has 1 rings (SSSR count). The van der Waals surface area contributed by atoms with Gasteiger partial charge in [0.15, 0.2) is 0 Å². The SMILES string of the molecule is CCCCCCNCCc1cccnc1. The van der Waals surface area contributed by atoms with Gasteiger partial charge in [0.2, 0.25) is 0 Å². The van der Waals surface area contributed by atoms with Gasteiger partial charge in [0.25, 0.3) is 0 Å². The van der Waals surface area contributed by atoms with Crippen molar-refractivity contribution in [1.82, 2.24) is 10.3 Å². The second-order valence-electron chi connectivity index (χ2n) is 3.92. The van der Waals surface area contributed by atoms with Crippen molar-refractivity contribution < 1.29 is 0 Å². The summed E-state index contributed by atoms with van der Waals surface area (Å²) in [6.45, 7) is 4.47. The first-order chi connectivity index (χ1) is 7.43. The van der Waals surface area contributed by atoms with Crippen LogP contribution in [0.3, 0.4) is 0 Å². The van der Waals surface area contributed by atoms with Gasteiger partial charge in [-0.2, -0.15) is 0 Å². The number of unbranched alkanes of at least 4 members (excludes halogenated alkanes) is 3. The molecule has 0 amide bonds. The summed E-state index contributed by atoms with van der Waals surface area (Å²) in [5, 5.41) is 3.46. The van der Waals surface area contributed by atoms with Crippen LogP contribution in [0.15, 0.2) is 24.5 Å². The summed E-state index contributed by atoms with van der Waals surface area (Å²) in [6.07, 6.45) is 10.2. The van der Waals surface area contributed by atoms with Crippen LogP contribution < -0.4 is 5.32 Å². The van der Waals surface area contributed by atoms with Crippen molar-refractivity contribution >= 4 is 0 Å². The second kappa shape index (κ2) is 8.42.